The molecule has 0 aliphatic heterocycles. The van der Waals surface area contributed by atoms with Crippen molar-refractivity contribution in [2.24, 2.45) is 5.10 Å². The second-order valence-electron chi connectivity index (χ2n) is 5.82. The van der Waals surface area contributed by atoms with Crippen molar-refractivity contribution in [3.8, 4) is 0 Å². The van der Waals surface area contributed by atoms with E-state index in [1.54, 1.807) is 0 Å². The Morgan fingerprint density at radius 1 is 1.09 bits per heavy atom. The van der Waals surface area contributed by atoms with Crippen molar-refractivity contribution in [2.75, 3.05) is 0 Å². The molecule has 0 fully saturated rings. The molecule has 1 N–H and O–H groups in total. The van der Waals surface area contributed by atoms with Crippen molar-refractivity contribution in [1.29, 1.82) is 0 Å². The van der Waals surface area contributed by atoms with Gasteiger partial charge >= 0.3 is 0 Å². The summed E-state index contributed by atoms with van der Waals surface area (Å²) in [6.07, 6.45) is 0.331. The normalized spacial score (nSPS) is 11.4. The van der Waals surface area contributed by atoms with Crippen LogP contribution in [0.5, 0.6) is 0 Å². The third-order valence-electron chi connectivity index (χ3n) is 3.71. The van der Waals surface area contributed by atoms with Gasteiger partial charge < -0.3 is 0 Å². The summed E-state index contributed by atoms with van der Waals surface area (Å²) >= 11 is 3.51. The summed E-state index contributed by atoms with van der Waals surface area (Å²) in [5.74, 6) is -0.111. The highest BCUT2D eigenvalue weighted by Crippen LogP contribution is 2.19. The van der Waals surface area contributed by atoms with Crippen molar-refractivity contribution in [1.82, 2.24) is 5.43 Å². The van der Waals surface area contributed by atoms with E-state index in [1.165, 1.54) is 5.56 Å². The summed E-state index contributed by atoms with van der Waals surface area (Å²) in [7, 11) is 0. The van der Waals surface area contributed by atoms with E-state index in [1.807, 2.05) is 58.0 Å². The Morgan fingerprint density at radius 3 is 2.43 bits per heavy atom. The first-order chi connectivity index (χ1) is 10.9. The van der Waals surface area contributed by atoms with Crippen LogP contribution in [0.25, 0.3) is 0 Å². The van der Waals surface area contributed by atoms with Gasteiger partial charge in [-0.3, -0.25) is 4.79 Å². The molecule has 3 nitrogen and oxygen atoms in total. The van der Waals surface area contributed by atoms with Crippen LogP contribution >= 0.6 is 15.9 Å². The van der Waals surface area contributed by atoms with Crippen molar-refractivity contribution >= 4 is 27.5 Å². The Kier molecular flexibility index (Phi) is 5.72. The maximum atomic E-state index is 12.1. The highest BCUT2D eigenvalue weighted by atomic mass is 79.9. The monoisotopic (exact) mass is 372 g/mol. The van der Waals surface area contributed by atoms with Gasteiger partial charge in [0.2, 0.25) is 5.91 Å². The summed E-state index contributed by atoms with van der Waals surface area (Å²) in [6, 6.07) is 12.2. The number of carbonyl (C=O) groups excluding carboxylic acids is 1. The Hall–Kier alpha value is -1.94. The molecule has 2 rings (SSSR count). The van der Waals surface area contributed by atoms with Gasteiger partial charge in [0.1, 0.15) is 0 Å². The van der Waals surface area contributed by atoms with Gasteiger partial charge in [0.15, 0.2) is 0 Å². The Bertz CT molecular complexity index is 766. The fourth-order valence-corrected chi connectivity index (χ4v) is 2.91. The van der Waals surface area contributed by atoms with Crippen molar-refractivity contribution in [3.63, 3.8) is 0 Å². The third kappa shape index (κ3) is 4.76. The predicted molar refractivity (Wildman–Crippen MR) is 98.9 cm³/mol. The van der Waals surface area contributed by atoms with E-state index in [2.05, 4.69) is 32.5 Å². The van der Waals surface area contributed by atoms with Crippen LogP contribution in [0.2, 0.25) is 0 Å². The van der Waals surface area contributed by atoms with Crippen LogP contribution < -0.4 is 5.43 Å². The second-order valence-corrected chi connectivity index (χ2v) is 6.68. The number of nitrogens with one attached hydrogen (secondary N) is 1. The van der Waals surface area contributed by atoms with Gasteiger partial charge in [0.05, 0.1) is 12.1 Å². The van der Waals surface area contributed by atoms with Gasteiger partial charge in [0, 0.05) is 10.0 Å². The van der Waals surface area contributed by atoms with E-state index in [-0.39, 0.29) is 5.91 Å². The zero-order chi connectivity index (χ0) is 17.0. The van der Waals surface area contributed by atoms with Crippen LogP contribution in [0, 0.1) is 20.8 Å². The van der Waals surface area contributed by atoms with Crippen molar-refractivity contribution in [3.05, 3.63) is 68.7 Å². The quantitative estimate of drug-likeness (QED) is 0.624. The molecule has 4 heteroatoms. The van der Waals surface area contributed by atoms with E-state index >= 15 is 0 Å². The lowest BCUT2D eigenvalue weighted by Crippen LogP contribution is -2.21. The molecule has 0 bridgehead atoms. The average Bonchev–Trinajstić information content (AvgIpc) is 2.50. The molecule has 2 aromatic carbocycles. The van der Waals surface area contributed by atoms with Crippen LogP contribution in [-0.2, 0) is 11.2 Å². The molecule has 0 unspecified atom stereocenters. The lowest BCUT2D eigenvalue weighted by atomic mass is 10.0. The van der Waals surface area contributed by atoms with E-state index < -0.39 is 0 Å². The third-order valence-corrected chi connectivity index (χ3v) is 4.40. The molecule has 0 saturated carbocycles. The number of hydrazone groups is 1. The first-order valence-corrected chi connectivity index (χ1v) is 8.32. The lowest BCUT2D eigenvalue weighted by Gasteiger charge is -2.08. The predicted octanol–water partition coefficient (Wildman–Crippen LogP) is 4.46. The SMILES string of the molecule is C/C(=N\NC(=O)Cc1ccc(C)cc1C)c1cc(C)ccc1Br. The standard InChI is InChI=1S/C19H21BrN2O/c1-12-5-7-16(14(3)9-12)11-19(23)22-21-15(4)17-10-13(2)6-8-18(17)20/h5-10H,11H2,1-4H3,(H,22,23)/b21-15+. The maximum Gasteiger partial charge on any atom is 0.244 e. The summed E-state index contributed by atoms with van der Waals surface area (Å²) in [6.45, 7) is 7.98. The zero-order valence-corrected chi connectivity index (χ0v) is 15.5. The molecule has 1 amide bonds. The van der Waals surface area contributed by atoms with Crippen LogP contribution in [0.1, 0.15) is 34.7 Å². The number of benzene rings is 2. The average molecular weight is 373 g/mol. The number of amides is 1. The van der Waals surface area contributed by atoms with Gasteiger partial charge in [-0.25, -0.2) is 5.43 Å². The highest BCUT2D eigenvalue weighted by molar-refractivity contribution is 9.10. The molecule has 0 aliphatic carbocycles. The number of rotatable bonds is 4. The molecular formula is C19H21BrN2O. The summed E-state index contributed by atoms with van der Waals surface area (Å²) in [5, 5.41) is 4.23. The minimum Gasteiger partial charge on any atom is -0.273 e. The number of carbonyl (C=O) groups is 1. The first kappa shape index (κ1) is 17.4. The van der Waals surface area contributed by atoms with Gasteiger partial charge in [-0.15, -0.1) is 0 Å². The lowest BCUT2D eigenvalue weighted by molar-refractivity contribution is -0.120. The minimum atomic E-state index is -0.111. The molecule has 0 radical (unpaired) electrons. The fourth-order valence-electron chi connectivity index (χ4n) is 2.38. The molecule has 120 valence electrons. The van der Waals surface area contributed by atoms with Crippen LogP contribution in [0.4, 0.5) is 0 Å². The summed E-state index contributed by atoms with van der Waals surface area (Å²) in [5.41, 5.74) is 8.91. The zero-order valence-electron chi connectivity index (χ0n) is 13.9. The van der Waals surface area contributed by atoms with Crippen molar-refractivity contribution < 1.29 is 4.79 Å². The Morgan fingerprint density at radius 2 is 1.74 bits per heavy atom. The molecule has 2 aromatic rings. The van der Waals surface area contributed by atoms with Gasteiger partial charge in [-0.2, -0.15) is 5.10 Å². The van der Waals surface area contributed by atoms with E-state index in [0.717, 1.165) is 32.4 Å². The number of aryl methyl sites for hydroxylation is 3. The summed E-state index contributed by atoms with van der Waals surface area (Å²) < 4.78 is 0.966. The number of halogens is 1. The molecule has 0 aromatic heterocycles. The second kappa shape index (κ2) is 7.55. The smallest absolute Gasteiger partial charge is 0.244 e. The van der Waals surface area contributed by atoms with E-state index in [9.17, 15) is 4.79 Å². The van der Waals surface area contributed by atoms with Gasteiger partial charge in [-0.05, 0) is 51.0 Å². The van der Waals surface area contributed by atoms with E-state index in [4.69, 9.17) is 0 Å². The molecule has 0 spiro atoms. The Balaban J connectivity index is 2.06. The molecule has 0 atom stereocenters. The topological polar surface area (TPSA) is 41.5 Å². The number of nitrogens with zero attached hydrogens (tertiary/aromatic N) is 1. The van der Waals surface area contributed by atoms with Crippen molar-refractivity contribution in [2.45, 2.75) is 34.1 Å². The van der Waals surface area contributed by atoms with Gasteiger partial charge in [-0.1, -0.05) is 51.3 Å². The molecule has 23 heavy (non-hydrogen) atoms. The highest BCUT2D eigenvalue weighted by Gasteiger charge is 2.07. The maximum absolute atomic E-state index is 12.1. The molecule has 0 saturated heterocycles. The van der Waals surface area contributed by atoms with Crippen LogP contribution in [-0.4, -0.2) is 11.6 Å². The molecule has 0 heterocycles. The molecule has 0 aliphatic rings. The number of hydrogen-bond acceptors (Lipinski definition) is 2. The van der Waals surface area contributed by atoms with Crippen LogP contribution in [0.15, 0.2) is 46.0 Å². The number of hydrogen-bond donors (Lipinski definition) is 1. The first-order valence-electron chi connectivity index (χ1n) is 7.52. The largest absolute Gasteiger partial charge is 0.273 e. The Labute approximate surface area is 145 Å². The van der Waals surface area contributed by atoms with Crippen LogP contribution in [0.3, 0.4) is 0 Å². The minimum absolute atomic E-state index is 0.111. The van der Waals surface area contributed by atoms with Gasteiger partial charge in [0.25, 0.3) is 0 Å². The summed E-state index contributed by atoms with van der Waals surface area (Å²) in [4.78, 5) is 12.1. The van der Waals surface area contributed by atoms with E-state index in [0.29, 0.717) is 6.42 Å². The molecular weight excluding hydrogens is 352 g/mol. The fraction of sp³-hybridized carbons (Fsp3) is 0.263.